The maximum absolute atomic E-state index is 12.2. The molecule has 116 valence electrons. The number of carbonyl (C=O) groups is 2. The third kappa shape index (κ3) is 3.09. The zero-order valence-corrected chi connectivity index (χ0v) is 12.8. The van der Waals surface area contributed by atoms with Gasteiger partial charge in [-0.05, 0) is 31.2 Å². The van der Waals surface area contributed by atoms with Crippen LogP contribution < -0.4 is 0 Å². The van der Waals surface area contributed by atoms with Gasteiger partial charge in [0.2, 0.25) is 11.6 Å². The standard InChI is InChI=1S/C20H18O3/c21-18-15-11-6-7-12-16(15)19(22)20(23)17(18)13-5-4-10-14-8-2-1-3-9-14/h1-3,6-9,11-12,21H,4-5,10,13H2. The summed E-state index contributed by atoms with van der Waals surface area (Å²) in [7, 11) is 0. The van der Waals surface area contributed by atoms with E-state index < -0.39 is 11.6 Å². The Bertz CT molecular complexity index is 772. The van der Waals surface area contributed by atoms with Crippen LogP contribution in [0.5, 0.6) is 0 Å². The van der Waals surface area contributed by atoms with Gasteiger partial charge >= 0.3 is 0 Å². The average Bonchev–Trinajstić information content (AvgIpc) is 2.60. The predicted octanol–water partition coefficient (Wildman–Crippen LogP) is 4.13. The number of allylic oxidation sites excluding steroid dienone is 1. The normalized spacial score (nSPS) is 14.1. The minimum Gasteiger partial charge on any atom is -0.507 e. The smallest absolute Gasteiger partial charge is 0.234 e. The molecule has 1 N–H and O–H groups in total. The van der Waals surface area contributed by atoms with Gasteiger partial charge in [0.25, 0.3) is 0 Å². The van der Waals surface area contributed by atoms with Gasteiger partial charge in [-0.15, -0.1) is 0 Å². The van der Waals surface area contributed by atoms with E-state index in [4.69, 9.17) is 0 Å². The fourth-order valence-corrected chi connectivity index (χ4v) is 2.92. The van der Waals surface area contributed by atoms with Crippen molar-refractivity contribution in [2.75, 3.05) is 0 Å². The van der Waals surface area contributed by atoms with E-state index in [0.717, 1.165) is 19.3 Å². The molecule has 0 saturated heterocycles. The zero-order valence-electron chi connectivity index (χ0n) is 12.8. The summed E-state index contributed by atoms with van der Waals surface area (Å²) < 4.78 is 0. The molecule has 0 aliphatic heterocycles. The van der Waals surface area contributed by atoms with Crippen molar-refractivity contribution in [3.8, 4) is 0 Å². The highest BCUT2D eigenvalue weighted by atomic mass is 16.3. The van der Waals surface area contributed by atoms with E-state index in [0.29, 0.717) is 17.5 Å². The van der Waals surface area contributed by atoms with E-state index >= 15 is 0 Å². The summed E-state index contributed by atoms with van der Waals surface area (Å²) in [6.07, 6.45) is 3.02. The average molecular weight is 306 g/mol. The zero-order chi connectivity index (χ0) is 16.2. The molecular weight excluding hydrogens is 288 g/mol. The second kappa shape index (κ2) is 6.61. The van der Waals surface area contributed by atoms with E-state index in [1.54, 1.807) is 24.3 Å². The highest BCUT2D eigenvalue weighted by Crippen LogP contribution is 2.30. The van der Waals surface area contributed by atoms with Gasteiger partial charge in [0, 0.05) is 16.7 Å². The first kappa shape index (κ1) is 15.2. The van der Waals surface area contributed by atoms with E-state index in [1.165, 1.54) is 5.56 Å². The Morgan fingerprint density at radius 2 is 1.30 bits per heavy atom. The van der Waals surface area contributed by atoms with Crippen LogP contribution in [0, 0.1) is 0 Å². The van der Waals surface area contributed by atoms with Gasteiger partial charge in [0.1, 0.15) is 5.76 Å². The summed E-state index contributed by atoms with van der Waals surface area (Å²) >= 11 is 0. The summed E-state index contributed by atoms with van der Waals surface area (Å²) in [5, 5.41) is 10.3. The van der Waals surface area contributed by atoms with E-state index in [2.05, 4.69) is 12.1 Å². The van der Waals surface area contributed by atoms with Crippen molar-refractivity contribution in [3.05, 3.63) is 76.9 Å². The molecule has 3 heteroatoms. The molecule has 0 aromatic heterocycles. The van der Waals surface area contributed by atoms with Crippen molar-refractivity contribution in [2.24, 2.45) is 0 Å². The van der Waals surface area contributed by atoms with Crippen LogP contribution in [0.15, 0.2) is 60.2 Å². The Morgan fingerprint density at radius 3 is 2.04 bits per heavy atom. The van der Waals surface area contributed by atoms with Crippen molar-refractivity contribution in [1.29, 1.82) is 0 Å². The molecule has 2 aromatic carbocycles. The number of unbranched alkanes of at least 4 members (excludes halogenated alkanes) is 1. The van der Waals surface area contributed by atoms with Crippen LogP contribution in [-0.4, -0.2) is 16.7 Å². The number of ketones is 2. The predicted molar refractivity (Wildman–Crippen MR) is 89.3 cm³/mol. The monoisotopic (exact) mass is 306 g/mol. The van der Waals surface area contributed by atoms with Gasteiger partial charge in [0.15, 0.2) is 0 Å². The molecule has 0 bridgehead atoms. The maximum atomic E-state index is 12.2. The number of benzene rings is 2. The molecule has 0 unspecified atom stereocenters. The van der Waals surface area contributed by atoms with E-state index in [-0.39, 0.29) is 11.3 Å². The Balaban J connectivity index is 1.70. The molecule has 3 nitrogen and oxygen atoms in total. The number of aliphatic hydroxyl groups is 1. The van der Waals surface area contributed by atoms with E-state index in [9.17, 15) is 14.7 Å². The molecule has 23 heavy (non-hydrogen) atoms. The lowest BCUT2D eigenvalue weighted by atomic mass is 9.86. The lowest BCUT2D eigenvalue weighted by molar-refractivity contribution is -0.112. The van der Waals surface area contributed by atoms with Crippen LogP contribution in [0.4, 0.5) is 0 Å². The van der Waals surface area contributed by atoms with E-state index in [1.807, 2.05) is 18.2 Å². The van der Waals surface area contributed by atoms with Crippen LogP contribution >= 0.6 is 0 Å². The summed E-state index contributed by atoms with van der Waals surface area (Å²) in [4.78, 5) is 24.3. The van der Waals surface area contributed by atoms with Crippen molar-refractivity contribution in [1.82, 2.24) is 0 Å². The number of aryl methyl sites for hydroxylation is 1. The molecule has 0 radical (unpaired) electrons. The Labute approximate surface area is 135 Å². The largest absolute Gasteiger partial charge is 0.507 e. The van der Waals surface area contributed by atoms with Gasteiger partial charge in [-0.2, -0.15) is 0 Å². The number of carbonyl (C=O) groups excluding carboxylic acids is 2. The van der Waals surface area contributed by atoms with Crippen LogP contribution in [0.1, 0.15) is 40.7 Å². The van der Waals surface area contributed by atoms with Crippen molar-refractivity contribution in [3.63, 3.8) is 0 Å². The number of Topliss-reactive ketones (excluding diaryl/α,β-unsaturated/α-hetero) is 2. The highest BCUT2D eigenvalue weighted by Gasteiger charge is 2.31. The fraction of sp³-hybridized carbons (Fsp3) is 0.200. The summed E-state index contributed by atoms with van der Waals surface area (Å²) in [5.41, 5.74) is 2.27. The number of aliphatic hydroxyl groups excluding tert-OH is 1. The Morgan fingerprint density at radius 1 is 0.696 bits per heavy atom. The van der Waals surface area contributed by atoms with Crippen LogP contribution in [0.25, 0.3) is 5.76 Å². The highest BCUT2D eigenvalue weighted by molar-refractivity contribution is 6.52. The third-order valence-corrected chi connectivity index (χ3v) is 4.18. The summed E-state index contributed by atoms with van der Waals surface area (Å²) in [6, 6.07) is 16.8. The second-order valence-corrected chi connectivity index (χ2v) is 5.72. The van der Waals surface area contributed by atoms with Gasteiger partial charge in [-0.1, -0.05) is 54.6 Å². The van der Waals surface area contributed by atoms with Gasteiger partial charge in [0.05, 0.1) is 0 Å². The molecule has 0 amide bonds. The molecule has 0 fully saturated rings. The van der Waals surface area contributed by atoms with Crippen molar-refractivity contribution >= 4 is 17.3 Å². The molecule has 0 heterocycles. The van der Waals surface area contributed by atoms with Gasteiger partial charge < -0.3 is 5.11 Å². The SMILES string of the molecule is O=C1C(=O)c2ccccc2C(O)=C1CCCCc1ccccc1. The second-order valence-electron chi connectivity index (χ2n) is 5.72. The first-order valence-electron chi connectivity index (χ1n) is 7.83. The molecule has 0 atom stereocenters. The van der Waals surface area contributed by atoms with Crippen LogP contribution in [-0.2, 0) is 11.2 Å². The molecular formula is C20H18O3. The van der Waals surface area contributed by atoms with Crippen molar-refractivity contribution < 1.29 is 14.7 Å². The van der Waals surface area contributed by atoms with Crippen LogP contribution in [0.3, 0.4) is 0 Å². The molecule has 2 aromatic rings. The molecule has 0 saturated carbocycles. The number of hydrogen-bond donors (Lipinski definition) is 1. The van der Waals surface area contributed by atoms with Gasteiger partial charge in [-0.25, -0.2) is 0 Å². The molecule has 0 spiro atoms. The molecule has 3 rings (SSSR count). The Kier molecular flexibility index (Phi) is 4.38. The molecule has 1 aliphatic carbocycles. The van der Waals surface area contributed by atoms with Crippen molar-refractivity contribution in [2.45, 2.75) is 25.7 Å². The van der Waals surface area contributed by atoms with Gasteiger partial charge in [-0.3, -0.25) is 9.59 Å². The summed E-state index contributed by atoms with van der Waals surface area (Å²) in [6.45, 7) is 0. The minimum atomic E-state index is -0.569. The lowest BCUT2D eigenvalue weighted by Crippen LogP contribution is -2.24. The summed E-state index contributed by atoms with van der Waals surface area (Å²) in [5.74, 6) is -1.12. The molecule has 1 aliphatic rings. The van der Waals surface area contributed by atoms with Crippen LogP contribution in [0.2, 0.25) is 0 Å². The third-order valence-electron chi connectivity index (χ3n) is 4.18. The minimum absolute atomic E-state index is 0.0371. The first-order chi connectivity index (χ1) is 11.2. The number of hydrogen-bond acceptors (Lipinski definition) is 3. The fourth-order valence-electron chi connectivity index (χ4n) is 2.92. The first-order valence-corrected chi connectivity index (χ1v) is 7.83. The maximum Gasteiger partial charge on any atom is 0.234 e. The quantitative estimate of drug-likeness (QED) is 0.667. The number of rotatable bonds is 5. The Hall–Kier alpha value is -2.68. The number of fused-ring (bicyclic) bond motifs is 1. The lowest BCUT2D eigenvalue weighted by Gasteiger charge is -2.17. The topological polar surface area (TPSA) is 54.4 Å².